The van der Waals surface area contributed by atoms with Gasteiger partial charge in [-0.15, -0.1) is 48.3 Å². The van der Waals surface area contributed by atoms with Crippen molar-refractivity contribution < 1.29 is 25.8 Å². The molecule has 0 saturated heterocycles. The summed E-state index contributed by atoms with van der Waals surface area (Å²) in [5.41, 5.74) is 12.8. The second kappa shape index (κ2) is 14.7. The number of hydrogen-bond donors (Lipinski definition) is 0. The largest absolute Gasteiger partial charge is 0.509 e. The summed E-state index contributed by atoms with van der Waals surface area (Å²) in [7, 11) is 0. The van der Waals surface area contributed by atoms with Gasteiger partial charge < -0.3 is 19.4 Å². The van der Waals surface area contributed by atoms with Crippen LogP contribution in [0.1, 0.15) is 58.2 Å². The van der Waals surface area contributed by atoms with Crippen molar-refractivity contribution in [3.63, 3.8) is 0 Å². The second-order valence-corrected chi connectivity index (χ2v) is 16.6. The number of anilines is 7. The Morgan fingerprint density at radius 1 is 0.579 bits per heavy atom. The standard InChI is InChI=1S/C50H44N5O.Pt/c1-33-27-35(50(5,6)7)31-52-48(33)54-32-53(44-21-12-13-22-45(44)54)36-15-14-16-37(29-36)56-38-23-24-42-40-18-9-8-17-39(40)41-19-10-11-20-43(41)55(46(42)30-38)47-28-34(25-26-51-47)49(2,3)4;/h8-28,31-32H,1-7H3;/q-3;. The molecule has 7 aromatic rings. The molecule has 9 rings (SSSR count). The van der Waals surface area contributed by atoms with E-state index in [0.717, 1.165) is 67.9 Å². The third-order valence-corrected chi connectivity index (χ3v) is 10.6. The molecular formula is C50H44N5OPt-3. The van der Waals surface area contributed by atoms with Crippen LogP contribution in [0.2, 0.25) is 0 Å². The molecule has 57 heavy (non-hydrogen) atoms. The van der Waals surface area contributed by atoms with Crippen LogP contribution in [0.15, 0.2) is 134 Å². The first-order valence-corrected chi connectivity index (χ1v) is 19.2. The fraction of sp³-hybridized carbons (Fsp3) is 0.180. The Kier molecular flexibility index (Phi) is 9.82. The zero-order valence-electron chi connectivity index (χ0n) is 33.2. The number of fused-ring (bicyclic) bond motifs is 6. The van der Waals surface area contributed by atoms with Crippen LogP contribution in [0.25, 0.3) is 22.3 Å². The molecule has 7 heteroatoms. The summed E-state index contributed by atoms with van der Waals surface area (Å²) >= 11 is 0. The maximum atomic E-state index is 6.66. The van der Waals surface area contributed by atoms with Crippen molar-refractivity contribution in [3.8, 4) is 33.8 Å². The molecule has 5 aromatic carbocycles. The molecule has 0 bridgehead atoms. The fourth-order valence-corrected chi connectivity index (χ4v) is 7.59. The molecule has 0 atom stereocenters. The number of nitrogens with zero attached hydrogens (tertiary/aromatic N) is 5. The van der Waals surface area contributed by atoms with E-state index in [4.69, 9.17) is 14.7 Å². The molecule has 0 radical (unpaired) electrons. The average Bonchev–Trinajstić information content (AvgIpc) is 3.52. The van der Waals surface area contributed by atoms with Crippen LogP contribution in [-0.4, -0.2) is 9.97 Å². The summed E-state index contributed by atoms with van der Waals surface area (Å²) in [5, 5.41) is 0. The van der Waals surface area contributed by atoms with E-state index < -0.39 is 0 Å². The minimum Gasteiger partial charge on any atom is -0.509 e. The Bertz CT molecular complexity index is 2620. The van der Waals surface area contributed by atoms with Crippen molar-refractivity contribution >= 4 is 40.1 Å². The summed E-state index contributed by atoms with van der Waals surface area (Å²) in [5.74, 6) is 2.89. The Morgan fingerprint density at radius 2 is 1.21 bits per heavy atom. The summed E-state index contributed by atoms with van der Waals surface area (Å²) in [6.07, 6.45) is 3.90. The van der Waals surface area contributed by atoms with Gasteiger partial charge in [-0.05, 0) is 70.3 Å². The molecule has 0 spiro atoms. The molecule has 0 unspecified atom stereocenters. The Hall–Kier alpha value is -5.71. The maximum Gasteiger partial charge on any atom is 0.135 e. The third kappa shape index (κ3) is 7.02. The van der Waals surface area contributed by atoms with E-state index >= 15 is 0 Å². The molecule has 6 nitrogen and oxygen atoms in total. The van der Waals surface area contributed by atoms with E-state index in [2.05, 4.69) is 185 Å². The summed E-state index contributed by atoms with van der Waals surface area (Å²) in [4.78, 5) is 16.4. The van der Waals surface area contributed by atoms with Gasteiger partial charge in [0.15, 0.2) is 0 Å². The minimum atomic E-state index is -0.0546. The average molecular weight is 926 g/mol. The van der Waals surface area contributed by atoms with Gasteiger partial charge in [-0.2, -0.15) is 12.1 Å². The van der Waals surface area contributed by atoms with Gasteiger partial charge in [-0.1, -0.05) is 113 Å². The Labute approximate surface area is 351 Å². The fourth-order valence-electron chi connectivity index (χ4n) is 7.59. The van der Waals surface area contributed by atoms with Crippen LogP contribution in [0.5, 0.6) is 11.5 Å². The number of para-hydroxylation sites is 3. The van der Waals surface area contributed by atoms with Crippen LogP contribution in [-0.2, 0) is 31.9 Å². The molecule has 2 aromatic heterocycles. The van der Waals surface area contributed by atoms with Crippen LogP contribution in [0, 0.1) is 25.7 Å². The number of hydrogen-bond acceptors (Lipinski definition) is 6. The van der Waals surface area contributed by atoms with Crippen molar-refractivity contribution in [3.05, 3.63) is 169 Å². The van der Waals surface area contributed by atoms with Crippen LogP contribution >= 0.6 is 0 Å². The normalized spacial score (nSPS) is 13.2. The van der Waals surface area contributed by atoms with Gasteiger partial charge in [0.2, 0.25) is 0 Å². The number of aryl methyl sites for hydroxylation is 1. The molecule has 0 N–H and O–H groups in total. The van der Waals surface area contributed by atoms with Crippen molar-refractivity contribution in [1.82, 2.24) is 9.97 Å². The van der Waals surface area contributed by atoms with E-state index in [1.807, 2.05) is 30.6 Å². The van der Waals surface area contributed by atoms with Crippen LogP contribution in [0.4, 0.5) is 40.1 Å². The molecular weight excluding hydrogens is 882 g/mol. The molecule has 288 valence electrons. The van der Waals surface area contributed by atoms with Gasteiger partial charge >= 0.3 is 0 Å². The summed E-state index contributed by atoms with van der Waals surface area (Å²) in [6.45, 7) is 17.6. The molecule has 4 heterocycles. The molecule has 0 fully saturated rings. The van der Waals surface area contributed by atoms with Gasteiger partial charge in [0.25, 0.3) is 0 Å². The van der Waals surface area contributed by atoms with Gasteiger partial charge in [0, 0.05) is 61.9 Å². The Morgan fingerprint density at radius 3 is 1.91 bits per heavy atom. The van der Waals surface area contributed by atoms with Crippen molar-refractivity contribution in [2.75, 3.05) is 14.7 Å². The van der Waals surface area contributed by atoms with E-state index in [9.17, 15) is 0 Å². The molecule has 0 saturated carbocycles. The monoisotopic (exact) mass is 925 g/mol. The van der Waals surface area contributed by atoms with Gasteiger partial charge in [-0.3, -0.25) is 0 Å². The Balaban J connectivity index is 0.00000455. The second-order valence-electron chi connectivity index (χ2n) is 16.6. The number of rotatable bonds is 5. The number of ether oxygens (including phenoxy) is 1. The molecule has 2 aliphatic rings. The molecule has 0 aliphatic carbocycles. The molecule has 2 aliphatic heterocycles. The summed E-state index contributed by atoms with van der Waals surface area (Å²) in [6, 6.07) is 49.4. The van der Waals surface area contributed by atoms with Crippen LogP contribution in [0.3, 0.4) is 0 Å². The van der Waals surface area contributed by atoms with Crippen molar-refractivity contribution in [2.24, 2.45) is 0 Å². The van der Waals surface area contributed by atoms with Gasteiger partial charge in [-0.25, -0.2) is 9.97 Å². The first-order chi connectivity index (χ1) is 26.9. The van der Waals surface area contributed by atoms with E-state index in [1.165, 1.54) is 11.1 Å². The smallest absolute Gasteiger partial charge is 0.135 e. The third-order valence-electron chi connectivity index (χ3n) is 10.6. The SMILES string of the molecule is Cc1cc(C(C)(C)C)cnc1N1[CH-]N(c2[c-]c(Oc3[c-]c4c(cc3)-c3ccccc3-c3ccccc3N4c3cc(C(C)(C)C)ccn3)ccc2)c2ccccc21.[Pt]. The van der Waals surface area contributed by atoms with E-state index in [0.29, 0.717) is 11.5 Å². The van der Waals surface area contributed by atoms with E-state index in [-0.39, 0.29) is 31.9 Å². The quantitative estimate of drug-likeness (QED) is 0.160. The summed E-state index contributed by atoms with van der Waals surface area (Å²) < 4.78 is 6.66. The van der Waals surface area contributed by atoms with Gasteiger partial charge in [0.05, 0.1) is 5.69 Å². The number of pyridine rings is 2. The predicted octanol–water partition coefficient (Wildman–Crippen LogP) is 13.3. The first-order valence-electron chi connectivity index (χ1n) is 19.2. The zero-order valence-corrected chi connectivity index (χ0v) is 35.5. The predicted molar refractivity (Wildman–Crippen MR) is 229 cm³/mol. The van der Waals surface area contributed by atoms with Crippen LogP contribution < -0.4 is 19.4 Å². The minimum absolute atomic E-state index is 0. The zero-order chi connectivity index (χ0) is 38.8. The molecule has 0 amide bonds. The van der Waals surface area contributed by atoms with E-state index in [1.54, 1.807) is 0 Å². The number of aromatic nitrogens is 2. The van der Waals surface area contributed by atoms with Crippen molar-refractivity contribution in [2.45, 2.75) is 59.3 Å². The van der Waals surface area contributed by atoms with Gasteiger partial charge in [0.1, 0.15) is 11.6 Å². The topological polar surface area (TPSA) is 44.7 Å². The first kappa shape index (κ1) is 38.2. The van der Waals surface area contributed by atoms with Crippen molar-refractivity contribution in [1.29, 1.82) is 0 Å². The maximum absolute atomic E-state index is 6.66. The number of benzene rings is 5.